The molecule has 0 bridgehead atoms. The molecular formula is C24H28N2O6S. The van der Waals surface area contributed by atoms with Crippen molar-refractivity contribution in [3.8, 4) is 5.75 Å². The number of hydrogen-bond donors (Lipinski definition) is 4. The molecule has 1 heterocycles. The number of aliphatic hydroxyl groups excluding tert-OH is 1. The highest BCUT2D eigenvalue weighted by Crippen LogP contribution is 2.39. The number of nitrogens with zero attached hydrogens (tertiary/aromatic N) is 1. The second-order valence-electron chi connectivity index (χ2n) is 8.59. The molecule has 9 heteroatoms. The lowest BCUT2D eigenvalue weighted by molar-refractivity contribution is -0.154. The van der Waals surface area contributed by atoms with Crippen LogP contribution in [0.5, 0.6) is 5.75 Å². The van der Waals surface area contributed by atoms with Crippen LogP contribution in [0.15, 0.2) is 48.5 Å². The number of phenolic OH excluding ortho intramolecular Hbond substituents is 1. The predicted octanol–water partition coefficient (Wildman–Crippen LogP) is 2.17. The van der Waals surface area contributed by atoms with Gasteiger partial charge in [0.25, 0.3) is 11.8 Å². The number of hydrogen-bond acceptors (Lipinski definition) is 6. The van der Waals surface area contributed by atoms with E-state index in [1.165, 1.54) is 30.0 Å². The Hall–Kier alpha value is -3.04. The van der Waals surface area contributed by atoms with E-state index in [9.17, 15) is 29.7 Å². The van der Waals surface area contributed by atoms with Crippen LogP contribution >= 0.6 is 11.8 Å². The molecular weight excluding hydrogens is 444 g/mol. The summed E-state index contributed by atoms with van der Waals surface area (Å²) in [6, 6.07) is 11.5. The molecule has 8 nitrogen and oxygen atoms in total. The van der Waals surface area contributed by atoms with Gasteiger partial charge in [-0.2, -0.15) is 0 Å². The Morgan fingerprint density at radius 1 is 1.15 bits per heavy atom. The van der Waals surface area contributed by atoms with Crippen LogP contribution in [0, 0.1) is 6.92 Å². The zero-order chi connectivity index (χ0) is 24.3. The van der Waals surface area contributed by atoms with Gasteiger partial charge in [-0.05, 0) is 44.9 Å². The summed E-state index contributed by atoms with van der Waals surface area (Å²) in [7, 11) is 0. The molecule has 3 atom stereocenters. The van der Waals surface area contributed by atoms with E-state index in [0.29, 0.717) is 5.56 Å². The minimum atomic E-state index is -1.66. The average Bonchev–Trinajstić information content (AvgIpc) is 3.10. The topological polar surface area (TPSA) is 127 Å². The van der Waals surface area contributed by atoms with E-state index in [1.54, 1.807) is 20.8 Å². The highest BCUT2D eigenvalue weighted by molar-refractivity contribution is 8.00. The summed E-state index contributed by atoms with van der Waals surface area (Å²) in [6.07, 6.45) is -1.51. The first-order chi connectivity index (χ1) is 15.5. The number of rotatable bonds is 7. The molecule has 1 aliphatic heterocycles. The van der Waals surface area contributed by atoms with Crippen molar-refractivity contribution in [2.75, 3.05) is 5.88 Å². The molecule has 0 aromatic heterocycles. The van der Waals surface area contributed by atoms with E-state index < -0.39 is 40.7 Å². The van der Waals surface area contributed by atoms with Crippen LogP contribution < -0.4 is 5.32 Å². The van der Waals surface area contributed by atoms with E-state index >= 15 is 0 Å². The SMILES string of the molecule is Cc1c(O)cccc1C(=O)N[C@@H](Cc1ccccc1)[C@H](O)C(=O)N1CSC(C)(C)[C@H]1C(=O)O. The molecule has 3 rings (SSSR count). The number of carboxylic acids is 1. The Morgan fingerprint density at radius 3 is 2.45 bits per heavy atom. The number of aliphatic hydroxyl groups is 1. The van der Waals surface area contributed by atoms with E-state index in [2.05, 4.69) is 5.32 Å². The molecule has 0 unspecified atom stereocenters. The zero-order valence-electron chi connectivity index (χ0n) is 18.7. The summed E-state index contributed by atoms with van der Waals surface area (Å²) in [5.41, 5.74) is 1.38. The van der Waals surface area contributed by atoms with Gasteiger partial charge in [0.15, 0.2) is 6.10 Å². The summed E-state index contributed by atoms with van der Waals surface area (Å²) in [4.78, 5) is 39.2. The third kappa shape index (κ3) is 5.31. The smallest absolute Gasteiger partial charge is 0.327 e. The first-order valence-electron chi connectivity index (χ1n) is 10.5. The van der Waals surface area contributed by atoms with E-state index in [1.807, 2.05) is 30.3 Å². The standard InChI is InChI=1S/C24H28N2O6S/c1-14-16(10-7-11-18(14)27)21(29)25-17(12-15-8-5-4-6-9-15)19(28)22(30)26-13-33-24(2,3)20(26)23(31)32/h4-11,17,19-20,27-28H,12-13H2,1-3H3,(H,25,29)(H,31,32)/t17-,19-,20+/m0/s1. The summed E-state index contributed by atoms with van der Waals surface area (Å²) in [5, 5.41) is 33.4. The third-order valence-corrected chi connectivity index (χ3v) is 7.24. The van der Waals surface area contributed by atoms with Crippen molar-refractivity contribution in [1.29, 1.82) is 0 Å². The molecule has 1 aliphatic rings. The third-order valence-electron chi connectivity index (χ3n) is 5.86. The molecule has 2 aromatic carbocycles. The summed E-state index contributed by atoms with van der Waals surface area (Å²) in [5.74, 6) is -2.38. The fraction of sp³-hybridized carbons (Fsp3) is 0.375. The molecule has 1 saturated heterocycles. The van der Waals surface area contributed by atoms with Gasteiger partial charge in [0.2, 0.25) is 0 Å². The van der Waals surface area contributed by atoms with Crippen molar-refractivity contribution in [1.82, 2.24) is 10.2 Å². The number of aliphatic carboxylic acids is 1. The van der Waals surface area contributed by atoms with Gasteiger partial charge in [0, 0.05) is 15.9 Å². The molecule has 2 aromatic rings. The van der Waals surface area contributed by atoms with Crippen molar-refractivity contribution < 1.29 is 29.7 Å². The fourth-order valence-corrected chi connectivity index (χ4v) is 5.09. The van der Waals surface area contributed by atoms with Gasteiger partial charge in [0.05, 0.1) is 11.9 Å². The van der Waals surface area contributed by atoms with Crippen molar-refractivity contribution in [3.63, 3.8) is 0 Å². The van der Waals surface area contributed by atoms with Crippen LogP contribution in [0.25, 0.3) is 0 Å². The van der Waals surface area contributed by atoms with Crippen molar-refractivity contribution in [2.45, 2.75) is 50.1 Å². The maximum Gasteiger partial charge on any atom is 0.327 e. The molecule has 1 fully saturated rings. The molecule has 2 amide bonds. The minimum Gasteiger partial charge on any atom is -0.508 e. The zero-order valence-corrected chi connectivity index (χ0v) is 19.5. The molecule has 0 aliphatic carbocycles. The summed E-state index contributed by atoms with van der Waals surface area (Å²) < 4.78 is -0.724. The van der Waals surface area contributed by atoms with Gasteiger partial charge < -0.3 is 25.5 Å². The average molecular weight is 473 g/mol. The van der Waals surface area contributed by atoms with E-state index in [0.717, 1.165) is 10.5 Å². The van der Waals surface area contributed by atoms with Gasteiger partial charge in [-0.3, -0.25) is 9.59 Å². The number of carbonyl (C=O) groups excluding carboxylic acids is 2. The normalized spacial score (nSPS) is 19.0. The van der Waals surface area contributed by atoms with Crippen molar-refractivity contribution >= 4 is 29.5 Å². The Balaban J connectivity index is 1.88. The molecule has 4 N–H and O–H groups in total. The molecule has 176 valence electrons. The van der Waals surface area contributed by atoms with E-state index in [4.69, 9.17) is 0 Å². The van der Waals surface area contributed by atoms with Crippen LogP contribution in [0.4, 0.5) is 0 Å². The first-order valence-corrected chi connectivity index (χ1v) is 11.5. The van der Waals surface area contributed by atoms with Gasteiger partial charge in [-0.1, -0.05) is 36.4 Å². The minimum absolute atomic E-state index is 0.0421. The monoisotopic (exact) mass is 472 g/mol. The quantitative estimate of drug-likeness (QED) is 0.486. The number of aromatic hydroxyl groups is 1. The number of carbonyl (C=O) groups is 3. The number of benzene rings is 2. The molecule has 33 heavy (non-hydrogen) atoms. The number of carboxylic acid groups (broad SMARTS) is 1. The van der Waals surface area contributed by atoms with Crippen LogP contribution in [-0.4, -0.2) is 66.8 Å². The number of amides is 2. The Morgan fingerprint density at radius 2 is 1.82 bits per heavy atom. The molecule has 0 spiro atoms. The van der Waals surface area contributed by atoms with Crippen LogP contribution in [0.3, 0.4) is 0 Å². The molecule has 0 radical (unpaired) electrons. The number of nitrogens with one attached hydrogen (secondary N) is 1. The highest BCUT2D eigenvalue weighted by Gasteiger charge is 2.50. The Labute approximate surface area is 196 Å². The number of phenols is 1. The maximum absolute atomic E-state index is 13.2. The second-order valence-corrected chi connectivity index (χ2v) is 10.2. The lowest BCUT2D eigenvalue weighted by atomic mass is 9.97. The highest BCUT2D eigenvalue weighted by atomic mass is 32.2. The van der Waals surface area contributed by atoms with Crippen molar-refractivity contribution in [2.24, 2.45) is 0 Å². The first kappa shape index (κ1) is 24.6. The summed E-state index contributed by atoms with van der Waals surface area (Å²) in [6.45, 7) is 5.08. The van der Waals surface area contributed by atoms with Gasteiger partial charge in [-0.15, -0.1) is 11.8 Å². The van der Waals surface area contributed by atoms with Gasteiger partial charge >= 0.3 is 5.97 Å². The van der Waals surface area contributed by atoms with Gasteiger partial charge in [0.1, 0.15) is 11.8 Å². The fourth-order valence-electron chi connectivity index (χ4n) is 3.95. The van der Waals surface area contributed by atoms with Crippen molar-refractivity contribution in [3.05, 3.63) is 65.2 Å². The largest absolute Gasteiger partial charge is 0.508 e. The van der Waals surface area contributed by atoms with Crippen LogP contribution in [0.2, 0.25) is 0 Å². The lowest BCUT2D eigenvalue weighted by Crippen LogP contribution is -2.57. The van der Waals surface area contributed by atoms with E-state index in [-0.39, 0.29) is 23.6 Å². The van der Waals surface area contributed by atoms with Gasteiger partial charge in [-0.25, -0.2) is 4.79 Å². The maximum atomic E-state index is 13.2. The van der Waals surface area contributed by atoms with Crippen LogP contribution in [-0.2, 0) is 16.0 Å². The summed E-state index contributed by atoms with van der Waals surface area (Å²) >= 11 is 1.32. The number of thioether (sulfide) groups is 1. The second kappa shape index (κ2) is 9.84. The Bertz CT molecular complexity index is 1040. The lowest BCUT2D eigenvalue weighted by Gasteiger charge is -2.31. The predicted molar refractivity (Wildman–Crippen MR) is 125 cm³/mol. The molecule has 0 saturated carbocycles. The Kier molecular flexibility index (Phi) is 7.34. The van der Waals surface area contributed by atoms with Crippen LogP contribution in [0.1, 0.15) is 35.3 Å².